The molecule has 0 fully saturated rings. The number of carbonyl (C=O) groups excluding carboxylic acids is 1. The van der Waals surface area contributed by atoms with Gasteiger partial charge >= 0.3 is 5.97 Å². The van der Waals surface area contributed by atoms with Crippen molar-refractivity contribution in [3.63, 3.8) is 0 Å². The lowest BCUT2D eigenvalue weighted by molar-refractivity contribution is -0.138. The summed E-state index contributed by atoms with van der Waals surface area (Å²) < 4.78 is 1.02. The average molecular weight is 362 g/mol. The molecule has 1 aromatic rings. The zero-order valence-electron chi connectivity index (χ0n) is 10.2. The Hall–Kier alpha value is -1.15. The fraction of sp³-hybridized carbons (Fsp3) is 0.333. The van der Waals surface area contributed by atoms with E-state index in [-0.39, 0.29) is 12.5 Å². The summed E-state index contributed by atoms with van der Waals surface area (Å²) in [4.78, 5) is 23.9. The smallest absolute Gasteiger partial charge is 0.317 e. The molecule has 5 nitrogen and oxygen atoms in total. The van der Waals surface area contributed by atoms with Crippen LogP contribution in [0, 0.1) is 3.57 Å². The van der Waals surface area contributed by atoms with E-state index in [4.69, 9.17) is 5.11 Å². The van der Waals surface area contributed by atoms with E-state index in [1.807, 2.05) is 18.2 Å². The minimum atomic E-state index is -0.952. The van der Waals surface area contributed by atoms with Crippen LogP contribution in [-0.2, 0) is 9.59 Å². The molecule has 0 aliphatic rings. The summed E-state index contributed by atoms with van der Waals surface area (Å²) in [5, 5.41) is 11.4. The van der Waals surface area contributed by atoms with Gasteiger partial charge in [-0.25, -0.2) is 0 Å². The molecule has 6 heteroatoms. The number of hydrogen-bond donors (Lipinski definition) is 2. The third kappa shape index (κ3) is 4.61. The number of carboxylic acid groups (broad SMARTS) is 1. The van der Waals surface area contributed by atoms with Crippen molar-refractivity contribution in [3.05, 3.63) is 27.8 Å². The van der Waals surface area contributed by atoms with Crippen molar-refractivity contribution >= 4 is 40.2 Å². The Morgan fingerprint density at radius 1 is 1.50 bits per heavy atom. The van der Waals surface area contributed by atoms with Crippen LogP contribution >= 0.6 is 22.6 Å². The van der Waals surface area contributed by atoms with Crippen molar-refractivity contribution in [2.45, 2.75) is 13.0 Å². The van der Waals surface area contributed by atoms with Crippen LogP contribution in [0.5, 0.6) is 0 Å². The maximum absolute atomic E-state index is 11.9. The Morgan fingerprint density at radius 3 is 2.72 bits per heavy atom. The normalized spacial score (nSPS) is 12.2. The second-order valence-corrected chi connectivity index (χ2v) is 5.23. The summed E-state index contributed by atoms with van der Waals surface area (Å²) in [5.74, 6) is -1.17. The first-order valence-electron chi connectivity index (χ1n) is 5.38. The molecule has 0 spiro atoms. The number of carboxylic acids is 1. The zero-order chi connectivity index (χ0) is 13.7. The number of hydrogen-bond acceptors (Lipinski definition) is 3. The van der Waals surface area contributed by atoms with E-state index in [0.29, 0.717) is 5.69 Å². The predicted molar refractivity (Wildman–Crippen MR) is 77.5 cm³/mol. The average Bonchev–Trinajstić information content (AvgIpc) is 2.27. The second kappa shape index (κ2) is 6.69. The van der Waals surface area contributed by atoms with Gasteiger partial charge in [-0.3, -0.25) is 14.5 Å². The minimum absolute atomic E-state index is 0.166. The number of aliphatic carboxylic acids is 1. The van der Waals surface area contributed by atoms with Gasteiger partial charge < -0.3 is 10.4 Å². The first-order valence-corrected chi connectivity index (χ1v) is 6.46. The number of likely N-dealkylation sites (N-methyl/N-ethyl adjacent to an activating group) is 1. The molecule has 0 radical (unpaired) electrons. The van der Waals surface area contributed by atoms with Gasteiger partial charge in [0.25, 0.3) is 0 Å². The molecule has 1 unspecified atom stereocenters. The summed E-state index contributed by atoms with van der Waals surface area (Å²) in [6, 6.07) is 6.92. The lowest BCUT2D eigenvalue weighted by Crippen LogP contribution is -2.42. The highest BCUT2D eigenvalue weighted by Gasteiger charge is 2.19. The van der Waals surface area contributed by atoms with Gasteiger partial charge in [0.15, 0.2) is 0 Å². The molecule has 0 saturated heterocycles. The molecule has 0 aliphatic heterocycles. The summed E-state index contributed by atoms with van der Waals surface area (Å²) >= 11 is 2.16. The Morgan fingerprint density at radius 2 is 2.17 bits per heavy atom. The highest BCUT2D eigenvalue weighted by atomic mass is 127. The highest BCUT2D eigenvalue weighted by Crippen LogP contribution is 2.13. The third-order valence-electron chi connectivity index (χ3n) is 2.52. The van der Waals surface area contributed by atoms with Gasteiger partial charge in [0.05, 0.1) is 12.6 Å². The summed E-state index contributed by atoms with van der Waals surface area (Å²) in [7, 11) is 1.60. The summed E-state index contributed by atoms with van der Waals surface area (Å²) in [6.07, 6.45) is 0. The highest BCUT2D eigenvalue weighted by molar-refractivity contribution is 14.1. The molecule has 0 aliphatic carbocycles. The lowest BCUT2D eigenvalue weighted by atomic mass is 10.2. The van der Waals surface area contributed by atoms with E-state index in [1.54, 1.807) is 20.0 Å². The number of nitrogens with zero attached hydrogens (tertiary/aromatic N) is 1. The topological polar surface area (TPSA) is 69.6 Å². The molecule has 0 aromatic heterocycles. The maximum atomic E-state index is 11.9. The minimum Gasteiger partial charge on any atom is -0.480 e. The van der Waals surface area contributed by atoms with E-state index in [2.05, 4.69) is 27.9 Å². The number of nitrogens with one attached hydrogen (secondary N) is 1. The van der Waals surface area contributed by atoms with Crippen LogP contribution in [0.3, 0.4) is 0 Å². The Bertz CT molecular complexity index is 451. The largest absolute Gasteiger partial charge is 0.480 e. The predicted octanol–water partition coefficient (Wildman–Crippen LogP) is 1.63. The molecule has 2 N–H and O–H groups in total. The van der Waals surface area contributed by atoms with E-state index in [1.165, 1.54) is 4.90 Å². The summed E-state index contributed by atoms with van der Waals surface area (Å²) in [5.41, 5.74) is 0.711. The van der Waals surface area contributed by atoms with Crippen molar-refractivity contribution in [3.8, 4) is 0 Å². The van der Waals surface area contributed by atoms with Gasteiger partial charge in [-0.1, -0.05) is 6.07 Å². The van der Waals surface area contributed by atoms with Gasteiger partial charge in [0.1, 0.15) is 0 Å². The van der Waals surface area contributed by atoms with Crippen LogP contribution in [0.25, 0.3) is 0 Å². The molecule has 1 aromatic carbocycles. The molecule has 18 heavy (non-hydrogen) atoms. The van der Waals surface area contributed by atoms with Crippen molar-refractivity contribution < 1.29 is 14.7 Å². The van der Waals surface area contributed by atoms with E-state index in [9.17, 15) is 9.59 Å². The molecule has 1 atom stereocenters. The molecule has 98 valence electrons. The van der Waals surface area contributed by atoms with Crippen LogP contribution in [0.15, 0.2) is 24.3 Å². The number of halogens is 1. The molecular weight excluding hydrogens is 347 g/mol. The number of anilines is 1. The number of rotatable bonds is 5. The molecular formula is C12H15IN2O3. The van der Waals surface area contributed by atoms with Gasteiger partial charge in [0, 0.05) is 9.26 Å². The first kappa shape index (κ1) is 14.9. The van der Waals surface area contributed by atoms with Crippen molar-refractivity contribution in [2.24, 2.45) is 0 Å². The Balaban J connectivity index is 2.62. The van der Waals surface area contributed by atoms with E-state index >= 15 is 0 Å². The molecule has 1 amide bonds. The number of amides is 1. The van der Waals surface area contributed by atoms with E-state index in [0.717, 1.165) is 3.57 Å². The monoisotopic (exact) mass is 362 g/mol. The summed E-state index contributed by atoms with van der Waals surface area (Å²) in [6.45, 7) is 1.51. The fourth-order valence-corrected chi connectivity index (χ4v) is 1.91. The first-order chi connectivity index (χ1) is 8.40. The second-order valence-electron chi connectivity index (χ2n) is 3.98. The van der Waals surface area contributed by atoms with Crippen LogP contribution in [0.1, 0.15) is 6.92 Å². The standard InChI is InChI=1S/C12H15IN2O3/c1-8(15(2)7-11(16)17)12(18)14-10-5-3-4-9(13)6-10/h3-6,8H,7H2,1-2H3,(H,14,18)(H,16,17). The maximum Gasteiger partial charge on any atom is 0.317 e. The molecule has 1 rings (SSSR count). The Kier molecular flexibility index (Phi) is 5.54. The van der Waals surface area contributed by atoms with Gasteiger partial charge in [-0.05, 0) is 54.8 Å². The third-order valence-corrected chi connectivity index (χ3v) is 3.19. The van der Waals surface area contributed by atoms with Gasteiger partial charge in [-0.15, -0.1) is 0 Å². The van der Waals surface area contributed by atoms with Crippen LogP contribution in [0.2, 0.25) is 0 Å². The quantitative estimate of drug-likeness (QED) is 0.782. The Labute approximate surface area is 119 Å². The lowest BCUT2D eigenvalue weighted by Gasteiger charge is -2.21. The molecule has 0 saturated carbocycles. The van der Waals surface area contributed by atoms with E-state index < -0.39 is 12.0 Å². The van der Waals surface area contributed by atoms with Crippen LogP contribution in [-0.4, -0.2) is 41.5 Å². The molecule has 0 heterocycles. The zero-order valence-corrected chi connectivity index (χ0v) is 12.3. The van der Waals surface area contributed by atoms with Gasteiger partial charge in [0.2, 0.25) is 5.91 Å². The fourth-order valence-electron chi connectivity index (χ4n) is 1.36. The molecule has 0 bridgehead atoms. The van der Waals surface area contributed by atoms with Crippen molar-refractivity contribution in [1.29, 1.82) is 0 Å². The van der Waals surface area contributed by atoms with Crippen molar-refractivity contribution in [2.75, 3.05) is 18.9 Å². The van der Waals surface area contributed by atoms with Gasteiger partial charge in [-0.2, -0.15) is 0 Å². The number of benzene rings is 1. The SMILES string of the molecule is CC(C(=O)Nc1cccc(I)c1)N(C)CC(=O)O. The van der Waals surface area contributed by atoms with Crippen LogP contribution in [0.4, 0.5) is 5.69 Å². The van der Waals surface area contributed by atoms with Crippen LogP contribution < -0.4 is 5.32 Å². The van der Waals surface area contributed by atoms with Crippen molar-refractivity contribution in [1.82, 2.24) is 4.90 Å². The number of carbonyl (C=O) groups is 2.